The Bertz CT molecular complexity index is 693. The Morgan fingerprint density at radius 3 is 2.06 bits per heavy atom. The minimum atomic E-state index is 0. The average Bonchev–Trinajstić information content (AvgIpc) is 2.79. The summed E-state index contributed by atoms with van der Waals surface area (Å²) in [5, 5.41) is 3.57. The molecule has 0 atom stereocenters. The first-order chi connectivity index (χ1) is 14.8. The third-order valence-corrected chi connectivity index (χ3v) is 5.28. The van der Waals surface area contributed by atoms with Crippen molar-refractivity contribution in [2.45, 2.75) is 59.1 Å². The molecule has 2 aromatic carbocycles. The minimum absolute atomic E-state index is 0. The number of nitrogens with zero attached hydrogens (tertiary/aromatic N) is 1. The van der Waals surface area contributed by atoms with E-state index in [0.29, 0.717) is 6.61 Å². The second-order valence-electron chi connectivity index (χ2n) is 7.84. The van der Waals surface area contributed by atoms with Crippen molar-refractivity contribution in [1.82, 2.24) is 10.2 Å². The predicted molar refractivity (Wildman–Crippen MR) is 141 cm³/mol. The molecule has 0 aromatic heterocycles. The van der Waals surface area contributed by atoms with Crippen LogP contribution in [0.1, 0.15) is 57.1 Å². The Hall–Kier alpha value is -1.46. The van der Waals surface area contributed by atoms with Gasteiger partial charge in [-0.05, 0) is 68.7 Å². The van der Waals surface area contributed by atoms with Crippen molar-refractivity contribution in [2.24, 2.45) is 0 Å². The molecule has 2 aromatic rings. The summed E-state index contributed by atoms with van der Waals surface area (Å²) < 4.78 is 11.5. The van der Waals surface area contributed by atoms with Crippen LogP contribution in [0.4, 0.5) is 0 Å². The molecule has 0 aliphatic heterocycles. The van der Waals surface area contributed by atoms with Gasteiger partial charge in [0.1, 0.15) is 6.61 Å². The van der Waals surface area contributed by atoms with E-state index in [9.17, 15) is 0 Å². The largest absolute Gasteiger partial charge is 0.493 e. The summed E-state index contributed by atoms with van der Waals surface area (Å²) in [7, 11) is 1.70. The number of nitrogens with one attached hydrogen (secondary N) is 1. The maximum absolute atomic E-state index is 5.95. The second kappa shape index (κ2) is 19.0. The fraction of sp³-hybridized carbons (Fsp3) is 0.538. The van der Waals surface area contributed by atoms with Gasteiger partial charge >= 0.3 is 0 Å². The molecule has 0 radical (unpaired) electrons. The normalized spacial score (nSPS) is 10.4. The monoisotopic (exact) mass is 484 g/mol. The zero-order valence-electron chi connectivity index (χ0n) is 20.0. The lowest BCUT2D eigenvalue weighted by Crippen LogP contribution is -2.29. The van der Waals surface area contributed by atoms with Crippen LogP contribution in [0, 0.1) is 0 Å². The highest BCUT2D eigenvalue weighted by molar-refractivity contribution is 5.85. The highest BCUT2D eigenvalue weighted by atomic mass is 35.5. The van der Waals surface area contributed by atoms with E-state index in [1.165, 1.54) is 57.3 Å². The number of rotatable bonds is 16. The Morgan fingerprint density at radius 2 is 1.44 bits per heavy atom. The van der Waals surface area contributed by atoms with Gasteiger partial charge in [0.25, 0.3) is 0 Å². The molecule has 0 saturated heterocycles. The van der Waals surface area contributed by atoms with Crippen molar-refractivity contribution in [1.29, 1.82) is 0 Å². The van der Waals surface area contributed by atoms with E-state index in [2.05, 4.69) is 48.3 Å². The highest BCUT2D eigenvalue weighted by Crippen LogP contribution is 2.28. The van der Waals surface area contributed by atoms with Gasteiger partial charge in [0.15, 0.2) is 11.5 Å². The van der Waals surface area contributed by atoms with E-state index in [4.69, 9.17) is 9.47 Å². The van der Waals surface area contributed by atoms with Crippen LogP contribution in [0.15, 0.2) is 48.5 Å². The molecule has 0 aliphatic carbocycles. The van der Waals surface area contributed by atoms with Gasteiger partial charge < -0.3 is 19.7 Å². The molecule has 4 nitrogen and oxygen atoms in total. The van der Waals surface area contributed by atoms with Crippen LogP contribution in [0.25, 0.3) is 0 Å². The zero-order chi connectivity index (χ0) is 21.4. The predicted octanol–water partition coefficient (Wildman–Crippen LogP) is 6.50. The smallest absolute Gasteiger partial charge is 0.161 e. The van der Waals surface area contributed by atoms with Crippen molar-refractivity contribution in [3.05, 3.63) is 59.7 Å². The van der Waals surface area contributed by atoms with Crippen molar-refractivity contribution in [3.63, 3.8) is 0 Å². The molecule has 0 unspecified atom stereocenters. The summed E-state index contributed by atoms with van der Waals surface area (Å²) in [5.41, 5.74) is 2.37. The summed E-state index contributed by atoms with van der Waals surface area (Å²) in [5.74, 6) is 1.57. The number of hydrogen-bond acceptors (Lipinski definition) is 4. The second-order valence-corrected chi connectivity index (χ2v) is 7.84. The topological polar surface area (TPSA) is 33.7 Å². The van der Waals surface area contributed by atoms with Crippen LogP contribution in [0.3, 0.4) is 0 Å². The third-order valence-electron chi connectivity index (χ3n) is 5.28. The van der Waals surface area contributed by atoms with Crippen LogP contribution in [-0.4, -0.2) is 38.2 Å². The number of methoxy groups -OCH3 is 1. The quantitative estimate of drug-likeness (QED) is 0.275. The van der Waals surface area contributed by atoms with Gasteiger partial charge in [-0.15, -0.1) is 24.8 Å². The van der Waals surface area contributed by atoms with Gasteiger partial charge in [0.2, 0.25) is 0 Å². The highest BCUT2D eigenvalue weighted by Gasteiger charge is 2.07. The molecule has 32 heavy (non-hydrogen) atoms. The summed E-state index contributed by atoms with van der Waals surface area (Å²) in [4.78, 5) is 2.62. The van der Waals surface area contributed by atoms with E-state index in [0.717, 1.165) is 30.2 Å². The number of ether oxygens (including phenoxy) is 2. The maximum Gasteiger partial charge on any atom is 0.161 e. The van der Waals surface area contributed by atoms with Crippen molar-refractivity contribution in [3.8, 4) is 11.5 Å². The lowest BCUT2D eigenvalue weighted by atomic mass is 10.2. The van der Waals surface area contributed by atoms with E-state index >= 15 is 0 Å². The van der Waals surface area contributed by atoms with Gasteiger partial charge in [-0.3, -0.25) is 0 Å². The van der Waals surface area contributed by atoms with Crippen molar-refractivity contribution in [2.75, 3.05) is 33.3 Å². The Labute approximate surface area is 207 Å². The molecule has 2 rings (SSSR count). The SMILES string of the molecule is CCCCN(CCCC)CCCNCc1ccc(OCc2ccccc2)c(OC)c1.Cl.Cl. The minimum Gasteiger partial charge on any atom is -0.493 e. The zero-order valence-corrected chi connectivity index (χ0v) is 21.6. The molecular weight excluding hydrogens is 443 g/mol. The van der Waals surface area contributed by atoms with Crippen LogP contribution in [0.5, 0.6) is 11.5 Å². The van der Waals surface area contributed by atoms with E-state index in [-0.39, 0.29) is 24.8 Å². The molecule has 0 bridgehead atoms. The molecule has 0 aliphatic rings. The number of unbranched alkanes of at least 4 members (excludes halogenated alkanes) is 2. The first-order valence-corrected chi connectivity index (χ1v) is 11.5. The number of hydrogen-bond donors (Lipinski definition) is 1. The third kappa shape index (κ3) is 12.0. The molecule has 0 heterocycles. The molecule has 182 valence electrons. The summed E-state index contributed by atoms with van der Waals surface area (Å²) in [6.45, 7) is 10.6. The Balaban J connectivity index is 0.00000480. The van der Waals surface area contributed by atoms with Gasteiger partial charge in [-0.1, -0.05) is 63.1 Å². The van der Waals surface area contributed by atoms with E-state index in [1.54, 1.807) is 7.11 Å². The first-order valence-electron chi connectivity index (χ1n) is 11.5. The molecular formula is C26H42Cl2N2O2. The van der Waals surface area contributed by atoms with Crippen LogP contribution < -0.4 is 14.8 Å². The molecule has 6 heteroatoms. The average molecular weight is 486 g/mol. The Kier molecular flexibility index (Phi) is 18.2. The molecule has 1 N–H and O–H groups in total. The molecule has 0 amide bonds. The fourth-order valence-electron chi connectivity index (χ4n) is 3.44. The summed E-state index contributed by atoms with van der Waals surface area (Å²) in [6, 6.07) is 16.4. The van der Waals surface area contributed by atoms with Crippen LogP contribution >= 0.6 is 24.8 Å². The van der Waals surface area contributed by atoms with Gasteiger partial charge in [-0.25, -0.2) is 0 Å². The van der Waals surface area contributed by atoms with Crippen molar-refractivity contribution >= 4 is 24.8 Å². The van der Waals surface area contributed by atoms with Crippen LogP contribution in [-0.2, 0) is 13.2 Å². The van der Waals surface area contributed by atoms with Gasteiger partial charge in [0.05, 0.1) is 7.11 Å². The standard InChI is InChI=1S/C26H40N2O2.2ClH/c1-4-6-17-28(18-7-5-2)19-11-16-27-21-24-14-15-25(26(20-24)29-3)30-22-23-12-9-8-10-13-23;;/h8-10,12-15,20,27H,4-7,11,16-19,21-22H2,1-3H3;2*1H. The van der Waals surface area contributed by atoms with E-state index in [1.807, 2.05) is 24.3 Å². The number of benzene rings is 2. The lowest BCUT2D eigenvalue weighted by Gasteiger charge is -2.22. The number of halogens is 2. The summed E-state index contributed by atoms with van der Waals surface area (Å²) >= 11 is 0. The maximum atomic E-state index is 5.95. The molecule has 0 spiro atoms. The summed E-state index contributed by atoms with van der Waals surface area (Å²) in [6.07, 6.45) is 6.33. The molecule has 0 saturated carbocycles. The first kappa shape index (κ1) is 30.5. The van der Waals surface area contributed by atoms with Crippen LogP contribution in [0.2, 0.25) is 0 Å². The van der Waals surface area contributed by atoms with Gasteiger partial charge in [-0.2, -0.15) is 0 Å². The molecule has 0 fully saturated rings. The lowest BCUT2D eigenvalue weighted by molar-refractivity contribution is 0.261. The van der Waals surface area contributed by atoms with Crippen molar-refractivity contribution < 1.29 is 9.47 Å². The Morgan fingerprint density at radius 1 is 0.781 bits per heavy atom. The van der Waals surface area contributed by atoms with E-state index < -0.39 is 0 Å². The fourth-order valence-corrected chi connectivity index (χ4v) is 3.44. The van der Waals surface area contributed by atoms with Gasteiger partial charge in [0, 0.05) is 6.54 Å².